The first-order valence-electron chi connectivity index (χ1n) is 9.82. The van der Waals surface area contributed by atoms with Gasteiger partial charge in [0.15, 0.2) is 0 Å². The highest BCUT2D eigenvalue weighted by atomic mass is 32.2. The van der Waals surface area contributed by atoms with Gasteiger partial charge in [0, 0.05) is 29.7 Å². The van der Waals surface area contributed by atoms with Crippen molar-refractivity contribution in [1.29, 1.82) is 0 Å². The van der Waals surface area contributed by atoms with Crippen molar-refractivity contribution in [3.8, 4) is 17.0 Å². The minimum absolute atomic E-state index is 0.0117. The zero-order valence-electron chi connectivity index (χ0n) is 16.7. The molecule has 0 saturated carbocycles. The predicted molar refractivity (Wildman–Crippen MR) is 117 cm³/mol. The molecule has 1 aliphatic heterocycles. The van der Waals surface area contributed by atoms with Gasteiger partial charge in [-0.2, -0.15) is 16.9 Å². The number of H-pyrrole nitrogens is 1. The molecule has 1 aromatic heterocycles. The van der Waals surface area contributed by atoms with Crippen molar-refractivity contribution < 1.29 is 9.53 Å². The topological polar surface area (TPSA) is 58.2 Å². The number of amides is 1. The molecule has 1 amide bonds. The van der Waals surface area contributed by atoms with Crippen LogP contribution < -0.4 is 4.74 Å². The van der Waals surface area contributed by atoms with Gasteiger partial charge in [0.2, 0.25) is 0 Å². The van der Waals surface area contributed by atoms with E-state index in [9.17, 15) is 4.79 Å². The summed E-state index contributed by atoms with van der Waals surface area (Å²) in [6.07, 6.45) is 0.956. The van der Waals surface area contributed by atoms with Crippen molar-refractivity contribution >= 4 is 17.7 Å². The highest BCUT2D eigenvalue weighted by molar-refractivity contribution is 7.99. The minimum Gasteiger partial charge on any atom is -0.497 e. The molecule has 29 heavy (non-hydrogen) atoms. The zero-order valence-corrected chi connectivity index (χ0v) is 17.5. The van der Waals surface area contributed by atoms with Crippen LogP contribution in [0.15, 0.2) is 54.6 Å². The summed E-state index contributed by atoms with van der Waals surface area (Å²) >= 11 is 1.94. The van der Waals surface area contributed by atoms with E-state index in [1.54, 1.807) is 7.11 Å². The third-order valence-electron chi connectivity index (χ3n) is 5.34. The second kappa shape index (κ2) is 8.74. The van der Waals surface area contributed by atoms with Gasteiger partial charge in [-0.05, 0) is 42.7 Å². The van der Waals surface area contributed by atoms with E-state index in [4.69, 9.17) is 4.74 Å². The van der Waals surface area contributed by atoms with Gasteiger partial charge in [0.05, 0.1) is 12.8 Å². The standard InChI is InChI=1S/C23H25N3O2S/c1-16-6-3-4-9-19(16)22-10-11-26(12-13-29-22)23(27)21-15-20(24-25-21)17-7-5-8-18(14-17)28-2/h3-9,14-15,22H,10-13H2,1-2H3,(H,24,25). The van der Waals surface area contributed by atoms with Crippen molar-refractivity contribution in [2.24, 2.45) is 0 Å². The Bertz CT molecular complexity index is 1000. The first-order valence-corrected chi connectivity index (χ1v) is 10.9. The minimum atomic E-state index is 0.0117. The smallest absolute Gasteiger partial charge is 0.271 e. The van der Waals surface area contributed by atoms with Crippen LogP contribution in [0.25, 0.3) is 11.3 Å². The SMILES string of the molecule is COc1cccc(-c2cc(C(=O)N3CCSC(c4ccccc4C)CC3)[nH]n2)c1. The first-order chi connectivity index (χ1) is 14.2. The monoisotopic (exact) mass is 407 g/mol. The first kappa shape index (κ1) is 19.6. The number of methoxy groups -OCH3 is 1. The molecule has 2 heterocycles. The van der Waals surface area contributed by atoms with E-state index < -0.39 is 0 Å². The molecule has 5 nitrogen and oxygen atoms in total. The lowest BCUT2D eigenvalue weighted by molar-refractivity contribution is 0.0760. The summed E-state index contributed by atoms with van der Waals surface area (Å²) in [6.45, 7) is 3.66. The number of carbonyl (C=O) groups excluding carboxylic acids is 1. The Labute approximate surface area is 175 Å². The highest BCUT2D eigenvalue weighted by Crippen LogP contribution is 2.36. The maximum atomic E-state index is 13.1. The Kier molecular flexibility index (Phi) is 5.90. The van der Waals surface area contributed by atoms with Crippen LogP contribution in [0, 0.1) is 6.92 Å². The molecule has 6 heteroatoms. The third kappa shape index (κ3) is 4.32. The molecule has 150 valence electrons. The fourth-order valence-electron chi connectivity index (χ4n) is 3.70. The molecule has 1 fully saturated rings. The number of rotatable bonds is 4. The summed E-state index contributed by atoms with van der Waals surface area (Å²) in [5.41, 5.74) is 4.90. The third-order valence-corrected chi connectivity index (χ3v) is 6.65. The summed E-state index contributed by atoms with van der Waals surface area (Å²) in [4.78, 5) is 15.0. The van der Waals surface area contributed by atoms with Crippen molar-refractivity contribution in [2.45, 2.75) is 18.6 Å². The van der Waals surface area contributed by atoms with Gasteiger partial charge in [-0.25, -0.2) is 0 Å². The van der Waals surface area contributed by atoms with Gasteiger partial charge in [0.1, 0.15) is 11.4 Å². The molecule has 1 N–H and O–H groups in total. The van der Waals surface area contributed by atoms with Gasteiger partial charge >= 0.3 is 0 Å². The van der Waals surface area contributed by atoms with Crippen molar-refractivity contribution in [3.05, 3.63) is 71.4 Å². The van der Waals surface area contributed by atoms with Gasteiger partial charge in [-0.1, -0.05) is 36.4 Å². The van der Waals surface area contributed by atoms with E-state index in [2.05, 4.69) is 41.4 Å². The van der Waals surface area contributed by atoms with E-state index in [-0.39, 0.29) is 5.91 Å². The Morgan fingerprint density at radius 2 is 2.03 bits per heavy atom. The number of nitrogens with one attached hydrogen (secondary N) is 1. The van der Waals surface area contributed by atoms with Gasteiger partial charge in [0.25, 0.3) is 5.91 Å². The number of thioether (sulfide) groups is 1. The molecule has 3 aromatic rings. The fourth-order valence-corrected chi connectivity index (χ4v) is 5.03. The molecule has 0 radical (unpaired) electrons. The number of hydrogen-bond donors (Lipinski definition) is 1. The number of benzene rings is 2. The number of carbonyl (C=O) groups is 1. The Morgan fingerprint density at radius 3 is 2.86 bits per heavy atom. The van der Waals surface area contributed by atoms with E-state index >= 15 is 0 Å². The molecule has 1 unspecified atom stereocenters. The molecule has 4 rings (SSSR count). The highest BCUT2D eigenvalue weighted by Gasteiger charge is 2.24. The molecule has 1 saturated heterocycles. The molecule has 2 aromatic carbocycles. The van der Waals surface area contributed by atoms with Crippen LogP contribution in [0.5, 0.6) is 5.75 Å². The lowest BCUT2D eigenvalue weighted by Gasteiger charge is -2.19. The van der Waals surface area contributed by atoms with Crippen LogP contribution >= 0.6 is 11.8 Å². The van der Waals surface area contributed by atoms with Gasteiger partial charge < -0.3 is 9.64 Å². The lowest BCUT2D eigenvalue weighted by Crippen LogP contribution is -2.33. The van der Waals surface area contributed by atoms with Crippen molar-refractivity contribution in [1.82, 2.24) is 15.1 Å². The second-order valence-corrected chi connectivity index (χ2v) is 8.51. The molecular weight excluding hydrogens is 382 g/mol. The van der Waals surface area contributed by atoms with Gasteiger partial charge in [-0.15, -0.1) is 0 Å². The predicted octanol–water partition coefficient (Wildman–Crippen LogP) is 4.71. The van der Waals surface area contributed by atoms with Crippen LogP contribution in [0.2, 0.25) is 0 Å². The largest absolute Gasteiger partial charge is 0.497 e. The van der Waals surface area contributed by atoms with Crippen molar-refractivity contribution in [2.75, 3.05) is 26.0 Å². The van der Waals surface area contributed by atoms with Crippen molar-refractivity contribution in [3.63, 3.8) is 0 Å². The van der Waals surface area contributed by atoms with E-state index in [0.29, 0.717) is 10.9 Å². The van der Waals surface area contributed by atoms with Gasteiger partial charge in [-0.3, -0.25) is 9.89 Å². The average Bonchev–Trinajstić information content (AvgIpc) is 3.12. The van der Waals surface area contributed by atoms with E-state index in [1.165, 1.54) is 11.1 Å². The molecule has 1 aliphatic rings. The zero-order chi connectivity index (χ0) is 20.2. The fraction of sp³-hybridized carbons (Fsp3) is 0.304. The maximum Gasteiger partial charge on any atom is 0.271 e. The molecule has 0 aliphatic carbocycles. The lowest BCUT2D eigenvalue weighted by atomic mass is 10.0. The Balaban J connectivity index is 1.46. The number of nitrogens with zero attached hydrogens (tertiary/aromatic N) is 2. The molecular formula is C23H25N3O2S. The Hall–Kier alpha value is -2.73. The van der Waals surface area contributed by atoms with Crippen LogP contribution in [-0.2, 0) is 0 Å². The summed E-state index contributed by atoms with van der Waals surface area (Å²) < 4.78 is 5.28. The molecule has 0 spiro atoms. The number of aromatic nitrogens is 2. The summed E-state index contributed by atoms with van der Waals surface area (Å²) in [5, 5.41) is 7.70. The number of aryl methyl sites for hydroxylation is 1. The van der Waals surface area contributed by atoms with E-state index in [0.717, 1.165) is 42.3 Å². The average molecular weight is 408 g/mol. The molecule has 0 bridgehead atoms. The van der Waals surface area contributed by atoms with Crippen LogP contribution in [0.1, 0.15) is 33.3 Å². The summed E-state index contributed by atoms with van der Waals surface area (Å²) in [5.74, 6) is 1.71. The normalized spacial score (nSPS) is 17.0. The molecule has 1 atom stereocenters. The van der Waals surface area contributed by atoms with Crippen LogP contribution in [0.4, 0.5) is 0 Å². The maximum absolute atomic E-state index is 13.1. The summed E-state index contributed by atoms with van der Waals surface area (Å²) in [6, 6.07) is 18.1. The number of aromatic amines is 1. The van der Waals surface area contributed by atoms with E-state index in [1.807, 2.05) is 47.0 Å². The number of hydrogen-bond acceptors (Lipinski definition) is 4. The van der Waals surface area contributed by atoms with Crippen LogP contribution in [0.3, 0.4) is 0 Å². The second-order valence-electron chi connectivity index (χ2n) is 7.20. The van der Waals surface area contributed by atoms with Crippen LogP contribution in [-0.4, -0.2) is 47.0 Å². The number of ether oxygens (including phenoxy) is 1. The Morgan fingerprint density at radius 1 is 1.17 bits per heavy atom. The summed E-state index contributed by atoms with van der Waals surface area (Å²) in [7, 11) is 1.64. The quantitative estimate of drug-likeness (QED) is 0.680.